The second-order valence-electron chi connectivity index (χ2n) is 10.7. The molecule has 8 nitrogen and oxygen atoms in total. The molecule has 0 spiro atoms. The van der Waals surface area contributed by atoms with Crippen LogP contribution in [0.3, 0.4) is 0 Å². The van der Waals surface area contributed by atoms with Gasteiger partial charge in [-0.3, -0.25) is 9.69 Å². The number of hydrogen-bond donors (Lipinski definition) is 3. The quantitative estimate of drug-likeness (QED) is 0.162. The Morgan fingerprint density at radius 2 is 1.65 bits per heavy atom. The summed E-state index contributed by atoms with van der Waals surface area (Å²) in [6.07, 6.45) is -8.10. The molecule has 2 aromatic carbocycles. The number of piperazine rings is 1. The predicted molar refractivity (Wildman–Crippen MR) is 166 cm³/mol. The van der Waals surface area contributed by atoms with E-state index in [1.807, 2.05) is 11.9 Å². The second-order valence-corrected chi connectivity index (χ2v) is 12.2. The van der Waals surface area contributed by atoms with Gasteiger partial charge in [0, 0.05) is 55.9 Å². The number of para-hydroxylation sites is 1. The third-order valence-corrected chi connectivity index (χ3v) is 8.40. The molecule has 2 aromatic heterocycles. The van der Waals surface area contributed by atoms with Gasteiger partial charge in [-0.05, 0) is 49.9 Å². The minimum Gasteiger partial charge on any atom is -0.355 e. The third kappa shape index (κ3) is 8.26. The molecule has 0 atom stereocenters. The number of likely N-dealkylation sites (N-methyl/N-ethyl adjacent to an activating group) is 1. The van der Waals surface area contributed by atoms with Crippen LogP contribution in [0, 0.1) is 6.92 Å². The first-order valence-electron chi connectivity index (χ1n) is 13.9. The van der Waals surface area contributed by atoms with E-state index in [0.717, 1.165) is 42.6 Å². The van der Waals surface area contributed by atoms with E-state index in [1.165, 1.54) is 18.3 Å². The highest BCUT2D eigenvalue weighted by Crippen LogP contribution is 2.39. The van der Waals surface area contributed by atoms with Gasteiger partial charge < -0.3 is 20.9 Å². The van der Waals surface area contributed by atoms with Crippen LogP contribution in [-0.4, -0.2) is 58.9 Å². The number of nitrogens with zero attached hydrogens (tertiary/aromatic N) is 4. The topological polar surface area (TPSA) is 85.4 Å². The summed E-state index contributed by atoms with van der Waals surface area (Å²) in [4.78, 5) is 25.4. The van der Waals surface area contributed by atoms with Crippen molar-refractivity contribution < 1.29 is 31.1 Å². The van der Waals surface area contributed by atoms with Crippen molar-refractivity contribution in [3.05, 3.63) is 87.0 Å². The van der Waals surface area contributed by atoms with Crippen LogP contribution in [0.2, 0.25) is 5.02 Å². The average molecular weight is 684 g/mol. The maximum absolute atomic E-state index is 14.1. The van der Waals surface area contributed by atoms with E-state index >= 15 is 0 Å². The molecule has 46 heavy (non-hydrogen) atoms. The van der Waals surface area contributed by atoms with E-state index in [2.05, 4.69) is 30.8 Å². The van der Waals surface area contributed by atoms with Gasteiger partial charge in [-0.1, -0.05) is 35.1 Å². The van der Waals surface area contributed by atoms with Gasteiger partial charge in [-0.25, -0.2) is 9.97 Å². The molecule has 1 fully saturated rings. The van der Waals surface area contributed by atoms with Crippen LogP contribution in [0.1, 0.15) is 32.1 Å². The molecule has 1 aliphatic rings. The van der Waals surface area contributed by atoms with Gasteiger partial charge in [0.25, 0.3) is 5.91 Å². The normalized spacial score (nSPS) is 14.7. The minimum absolute atomic E-state index is 0.00195. The number of hydrogen-bond acceptors (Lipinski definition) is 8. The molecule has 16 heteroatoms. The highest BCUT2D eigenvalue weighted by molar-refractivity contribution is 7.17. The number of amides is 1. The van der Waals surface area contributed by atoms with E-state index in [4.69, 9.17) is 11.6 Å². The average Bonchev–Trinajstić information content (AvgIpc) is 3.43. The number of nitrogens with one attached hydrogen (secondary N) is 3. The van der Waals surface area contributed by atoms with Gasteiger partial charge >= 0.3 is 12.4 Å². The minimum atomic E-state index is -4.74. The maximum Gasteiger partial charge on any atom is 0.418 e. The van der Waals surface area contributed by atoms with Gasteiger partial charge in [0.15, 0.2) is 5.13 Å². The summed E-state index contributed by atoms with van der Waals surface area (Å²) in [6, 6.07) is 10.5. The van der Waals surface area contributed by atoms with Gasteiger partial charge in [0.2, 0.25) is 0 Å². The molecular formula is C30H28ClF6N7OS. The largest absolute Gasteiger partial charge is 0.418 e. The molecule has 0 unspecified atom stereocenters. The second kappa shape index (κ2) is 13.4. The molecule has 3 N–H and O–H groups in total. The number of halogens is 7. The van der Waals surface area contributed by atoms with Crippen molar-refractivity contribution in [3.8, 4) is 0 Å². The van der Waals surface area contributed by atoms with Gasteiger partial charge in [-0.2, -0.15) is 26.3 Å². The molecule has 0 radical (unpaired) electrons. The van der Waals surface area contributed by atoms with Crippen LogP contribution in [0.15, 0.2) is 54.7 Å². The number of carbonyl (C=O) groups excluding carboxylic acids is 1. The monoisotopic (exact) mass is 683 g/mol. The Morgan fingerprint density at radius 1 is 0.935 bits per heavy atom. The Morgan fingerprint density at radius 3 is 2.35 bits per heavy atom. The summed E-state index contributed by atoms with van der Waals surface area (Å²) in [6.45, 7) is 4.84. The van der Waals surface area contributed by atoms with Crippen molar-refractivity contribution in [3.63, 3.8) is 0 Å². The molecule has 1 aliphatic heterocycles. The molecule has 1 amide bonds. The molecule has 0 bridgehead atoms. The van der Waals surface area contributed by atoms with Crippen molar-refractivity contribution >= 4 is 56.9 Å². The Labute approximate surface area is 269 Å². The number of aromatic nitrogens is 2. The lowest BCUT2D eigenvalue weighted by Crippen LogP contribution is -2.44. The molecule has 244 valence electrons. The number of benzene rings is 2. The zero-order valence-electron chi connectivity index (χ0n) is 24.5. The zero-order chi connectivity index (χ0) is 33.2. The van der Waals surface area contributed by atoms with Crippen molar-refractivity contribution in [1.29, 1.82) is 0 Å². The highest BCUT2D eigenvalue weighted by Gasteiger charge is 2.36. The van der Waals surface area contributed by atoms with E-state index in [1.54, 1.807) is 25.1 Å². The third-order valence-electron chi connectivity index (χ3n) is 7.17. The Bertz CT molecular complexity index is 1720. The number of pyridine rings is 1. The number of aryl methyl sites for hydroxylation is 1. The highest BCUT2D eigenvalue weighted by atomic mass is 35.5. The summed E-state index contributed by atoms with van der Waals surface area (Å²) in [5.41, 5.74) is -0.964. The van der Waals surface area contributed by atoms with Gasteiger partial charge in [0.05, 0.1) is 28.0 Å². The van der Waals surface area contributed by atoms with Crippen LogP contribution < -0.4 is 16.0 Å². The van der Waals surface area contributed by atoms with Crippen LogP contribution in [-0.2, 0) is 18.9 Å². The Hall–Kier alpha value is -3.92. The first-order valence-corrected chi connectivity index (χ1v) is 15.1. The molecular weight excluding hydrogens is 656 g/mol. The Balaban J connectivity index is 1.30. The predicted octanol–water partition coefficient (Wildman–Crippen LogP) is 8.02. The summed E-state index contributed by atoms with van der Waals surface area (Å²) in [5, 5.41) is 8.08. The molecule has 5 rings (SSSR count). The van der Waals surface area contributed by atoms with E-state index in [-0.39, 0.29) is 38.6 Å². The Kier molecular flexibility index (Phi) is 9.77. The number of anilines is 5. The van der Waals surface area contributed by atoms with E-state index < -0.39 is 35.1 Å². The fourth-order valence-corrected chi connectivity index (χ4v) is 5.82. The lowest BCUT2D eigenvalue weighted by atomic mass is 10.0. The lowest BCUT2D eigenvalue weighted by molar-refractivity contribution is -0.138. The first kappa shape index (κ1) is 33.4. The summed E-state index contributed by atoms with van der Waals surface area (Å²) >= 11 is 6.80. The number of carbonyl (C=O) groups is 1. The smallest absolute Gasteiger partial charge is 0.355 e. The van der Waals surface area contributed by atoms with Crippen molar-refractivity contribution in [2.24, 2.45) is 0 Å². The summed E-state index contributed by atoms with van der Waals surface area (Å²) in [7, 11) is 1.98. The molecule has 0 saturated carbocycles. The van der Waals surface area contributed by atoms with Crippen molar-refractivity contribution in [2.75, 3.05) is 49.2 Å². The molecule has 0 aliphatic carbocycles. The van der Waals surface area contributed by atoms with Gasteiger partial charge in [-0.15, -0.1) is 0 Å². The number of thiazole rings is 1. The van der Waals surface area contributed by atoms with E-state index in [0.29, 0.717) is 24.5 Å². The maximum atomic E-state index is 14.1. The lowest BCUT2D eigenvalue weighted by Gasteiger charge is -2.33. The van der Waals surface area contributed by atoms with Crippen molar-refractivity contribution in [1.82, 2.24) is 19.8 Å². The van der Waals surface area contributed by atoms with Crippen molar-refractivity contribution in [2.45, 2.75) is 25.8 Å². The number of rotatable bonds is 8. The zero-order valence-corrected chi connectivity index (χ0v) is 26.1. The molecule has 1 saturated heterocycles. The summed E-state index contributed by atoms with van der Waals surface area (Å²) < 4.78 is 82.5. The molecule has 4 aromatic rings. The van der Waals surface area contributed by atoms with Crippen LogP contribution in [0.4, 0.5) is 54.4 Å². The van der Waals surface area contributed by atoms with Crippen LogP contribution in [0.5, 0.6) is 0 Å². The van der Waals surface area contributed by atoms with E-state index in [9.17, 15) is 31.1 Å². The molecule has 3 heterocycles. The van der Waals surface area contributed by atoms with Crippen LogP contribution >= 0.6 is 22.9 Å². The van der Waals surface area contributed by atoms with Crippen LogP contribution in [0.25, 0.3) is 0 Å². The SMILES string of the molecule is Cc1cc(Nc2ccc(CN3CCN(C)CC3)c(C(F)(F)F)c2)cc(Nc2ncc(C(=O)Nc3c(Cl)cccc3C(F)(F)F)s2)n1. The fraction of sp³-hybridized carbons (Fsp3) is 0.300. The fourth-order valence-electron chi connectivity index (χ4n) is 4.88. The van der Waals surface area contributed by atoms with Gasteiger partial charge in [0.1, 0.15) is 10.7 Å². The summed E-state index contributed by atoms with van der Waals surface area (Å²) in [5.74, 6) is -0.572. The standard InChI is InChI=1S/C30H28ClF6N7OS/c1-17-12-20(40-19-7-6-18(22(13-19)30(35,36)37)16-44-10-8-43(2)9-11-44)14-25(39-17)41-28-38-15-24(46-28)27(45)42-26-21(29(32,33)34)4-3-5-23(26)31/h3-7,12-15H,8-11,16H2,1-2H3,(H,42,45)(H2,38,39,40,41). The number of alkyl halides is 6. The first-order chi connectivity index (χ1) is 21.7.